The molecule has 2 saturated carbocycles. The number of hydrogen-bond donors (Lipinski definition) is 0. The third-order valence-corrected chi connectivity index (χ3v) is 5.01. The van der Waals surface area contributed by atoms with E-state index in [2.05, 4.69) is 24.3 Å². The average Bonchev–Trinajstić information content (AvgIpc) is 3.11. The Balaban J connectivity index is 2.02. The lowest BCUT2D eigenvalue weighted by atomic mass is 9.75. The van der Waals surface area contributed by atoms with E-state index in [-0.39, 0.29) is 5.41 Å². The fraction of sp³-hybridized carbons (Fsp3) is 0.588. The van der Waals surface area contributed by atoms with Crippen LogP contribution in [0.1, 0.15) is 68.4 Å². The van der Waals surface area contributed by atoms with E-state index in [9.17, 15) is 4.79 Å². The van der Waals surface area contributed by atoms with Crippen LogP contribution >= 0.6 is 0 Å². The van der Waals surface area contributed by atoms with Gasteiger partial charge in [-0.1, -0.05) is 49.9 Å². The number of benzene rings is 1. The zero-order valence-electron chi connectivity index (χ0n) is 11.0. The van der Waals surface area contributed by atoms with E-state index in [1.54, 1.807) is 0 Å². The Morgan fingerprint density at radius 3 is 2.33 bits per heavy atom. The predicted octanol–water partition coefficient (Wildman–Crippen LogP) is 4.35. The van der Waals surface area contributed by atoms with Crippen LogP contribution in [0.3, 0.4) is 0 Å². The molecule has 96 valence electrons. The molecule has 0 heterocycles. The Bertz CT molecular complexity index is 423. The van der Waals surface area contributed by atoms with Gasteiger partial charge >= 0.3 is 0 Å². The van der Waals surface area contributed by atoms with Crippen molar-refractivity contribution >= 4 is 6.29 Å². The quantitative estimate of drug-likeness (QED) is 0.720. The number of carbonyl (C=O) groups excluding carboxylic acids is 1. The molecular weight excluding hydrogens is 220 g/mol. The number of aldehydes is 1. The molecule has 0 aromatic heterocycles. The third-order valence-electron chi connectivity index (χ3n) is 5.01. The third kappa shape index (κ3) is 1.90. The van der Waals surface area contributed by atoms with Crippen molar-refractivity contribution in [3.8, 4) is 0 Å². The minimum Gasteiger partial charge on any atom is -0.302 e. The summed E-state index contributed by atoms with van der Waals surface area (Å²) in [5.74, 6) is 0.707. The van der Waals surface area contributed by atoms with E-state index in [1.807, 2.05) is 0 Å². The van der Waals surface area contributed by atoms with Gasteiger partial charge in [0, 0.05) is 0 Å². The lowest BCUT2D eigenvalue weighted by molar-refractivity contribution is -0.112. The summed E-state index contributed by atoms with van der Waals surface area (Å²) in [5, 5.41) is 0. The second kappa shape index (κ2) is 4.87. The summed E-state index contributed by atoms with van der Waals surface area (Å²) in [6, 6.07) is 8.74. The van der Waals surface area contributed by atoms with Crippen LogP contribution < -0.4 is 0 Å². The maximum atomic E-state index is 11.7. The first kappa shape index (κ1) is 12.0. The summed E-state index contributed by atoms with van der Waals surface area (Å²) in [7, 11) is 0. The first-order valence-electron chi connectivity index (χ1n) is 7.41. The highest BCUT2D eigenvalue weighted by molar-refractivity contribution is 5.70. The van der Waals surface area contributed by atoms with Gasteiger partial charge in [0.05, 0.1) is 5.41 Å². The Morgan fingerprint density at radius 2 is 1.67 bits per heavy atom. The van der Waals surface area contributed by atoms with Crippen molar-refractivity contribution < 1.29 is 4.79 Å². The maximum absolute atomic E-state index is 11.7. The molecule has 0 bridgehead atoms. The molecule has 18 heavy (non-hydrogen) atoms. The Morgan fingerprint density at radius 1 is 1.00 bits per heavy atom. The Hall–Kier alpha value is -1.11. The van der Waals surface area contributed by atoms with Crippen LogP contribution in [0.5, 0.6) is 0 Å². The molecule has 3 rings (SSSR count). The van der Waals surface area contributed by atoms with Gasteiger partial charge in [-0.3, -0.25) is 0 Å². The van der Waals surface area contributed by atoms with E-state index in [0.29, 0.717) is 5.92 Å². The molecule has 0 amide bonds. The summed E-state index contributed by atoms with van der Waals surface area (Å²) in [6.07, 6.45) is 11.1. The van der Waals surface area contributed by atoms with Gasteiger partial charge in [0.25, 0.3) is 0 Å². The molecule has 0 N–H and O–H groups in total. The monoisotopic (exact) mass is 242 g/mol. The van der Waals surface area contributed by atoms with Gasteiger partial charge in [0.15, 0.2) is 0 Å². The molecule has 2 fully saturated rings. The van der Waals surface area contributed by atoms with E-state index in [0.717, 1.165) is 12.8 Å². The van der Waals surface area contributed by atoms with E-state index in [1.165, 1.54) is 55.9 Å². The molecular formula is C17H22O. The first-order chi connectivity index (χ1) is 8.86. The summed E-state index contributed by atoms with van der Waals surface area (Å²) in [4.78, 5) is 11.7. The van der Waals surface area contributed by atoms with E-state index < -0.39 is 0 Å². The lowest BCUT2D eigenvalue weighted by Crippen LogP contribution is -2.26. The van der Waals surface area contributed by atoms with Crippen molar-refractivity contribution in [2.75, 3.05) is 0 Å². The minimum atomic E-state index is -0.154. The Kier molecular flexibility index (Phi) is 3.23. The zero-order valence-corrected chi connectivity index (χ0v) is 11.0. The molecule has 2 aliphatic rings. The lowest BCUT2D eigenvalue weighted by Gasteiger charge is -2.27. The fourth-order valence-electron chi connectivity index (χ4n) is 4.00. The van der Waals surface area contributed by atoms with Crippen LogP contribution in [0.4, 0.5) is 0 Å². The van der Waals surface area contributed by atoms with Crippen molar-refractivity contribution in [1.82, 2.24) is 0 Å². The van der Waals surface area contributed by atoms with Crippen LogP contribution in [0.15, 0.2) is 24.3 Å². The highest BCUT2D eigenvalue weighted by Crippen LogP contribution is 2.45. The highest BCUT2D eigenvalue weighted by Gasteiger charge is 2.38. The maximum Gasteiger partial charge on any atom is 0.130 e. The molecule has 0 unspecified atom stereocenters. The number of carbonyl (C=O) groups is 1. The van der Waals surface area contributed by atoms with Gasteiger partial charge in [-0.05, 0) is 42.7 Å². The molecule has 0 saturated heterocycles. The van der Waals surface area contributed by atoms with Crippen molar-refractivity contribution in [2.24, 2.45) is 0 Å². The Labute approximate surface area is 110 Å². The SMILES string of the molecule is O=CC1(c2ccccc2C2CCCC2)CCCC1. The largest absolute Gasteiger partial charge is 0.302 e. The van der Waals surface area contributed by atoms with Crippen molar-refractivity contribution in [3.05, 3.63) is 35.4 Å². The summed E-state index contributed by atoms with van der Waals surface area (Å²) < 4.78 is 0. The summed E-state index contributed by atoms with van der Waals surface area (Å²) >= 11 is 0. The molecule has 1 aromatic carbocycles. The van der Waals surface area contributed by atoms with Gasteiger partial charge in [0.2, 0.25) is 0 Å². The molecule has 1 heteroatoms. The van der Waals surface area contributed by atoms with Crippen LogP contribution in [0.25, 0.3) is 0 Å². The van der Waals surface area contributed by atoms with Gasteiger partial charge in [-0.15, -0.1) is 0 Å². The average molecular weight is 242 g/mol. The highest BCUT2D eigenvalue weighted by atomic mass is 16.1. The molecule has 2 aliphatic carbocycles. The van der Waals surface area contributed by atoms with Crippen molar-refractivity contribution in [2.45, 2.75) is 62.7 Å². The second-order valence-corrected chi connectivity index (χ2v) is 6.05. The summed E-state index contributed by atoms with van der Waals surface area (Å²) in [6.45, 7) is 0. The van der Waals surface area contributed by atoms with Gasteiger partial charge in [0.1, 0.15) is 6.29 Å². The fourth-order valence-corrected chi connectivity index (χ4v) is 4.00. The van der Waals surface area contributed by atoms with Crippen LogP contribution in [-0.4, -0.2) is 6.29 Å². The smallest absolute Gasteiger partial charge is 0.130 e. The van der Waals surface area contributed by atoms with E-state index in [4.69, 9.17) is 0 Å². The van der Waals surface area contributed by atoms with Gasteiger partial charge in [-0.2, -0.15) is 0 Å². The van der Waals surface area contributed by atoms with Gasteiger partial charge < -0.3 is 4.79 Å². The van der Waals surface area contributed by atoms with E-state index >= 15 is 0 Å². The second-order valence-electron chi connectivity index (χ2n) is 6.05. The normalized spacial score (nSPS) is 23.3. The van der Waals surface area contributed by atoms with Gasteiger partial charge in [-0.25, -0.2) is 0 Å². The molecule has 0 aliphatic heterocycles. The standard InChI is InChI=1S/C17H22O/c18-13-17(11-5-6-12-17)16-10-4-3-9-15(16)14-7-1-2-8-14/h3-4,9-10,13-14H,1-2,5-8,11-12H2. The molecule has 0 spiro atoms. The topological polar surface area (TPSA) is 17.1 Å². The van der Waals surface area contributed by atoms with Crippen LogP contribution in [-0.2, 0) is 10.2 Å². The van der Waals surface area contributed by atoms with Crippen molar-refractivity contribution in [3.63, 3.8) is 0 Å². The zero-order chi connectivity index (χ0) is 12.4. The summed E-state index contributed by atoms with van der Waals surface area (Å²) in [5.41, 5.74) is 2.67. The molecule has 0 radical (unpaired) electrons. The molecule has 1 aromatic rings. The first-order valence-corrected chi connectivity index (χ1v) is 7.41. The predicted molar refractivity (Wildman–Crippen MR) is 73.9 cm³/mol. The minimum absolute atomic E-state index is 0.154. The van der Waals surface area contributed by atoms with Crippen LogP contribution in [0.2, 0.25) is 0 Å². The van der Waals surface area contributed by atoms with Crippen molar-refractivity contribution in [1.29, 1.82) is 0 Å². The van der Waals surface area contributed by atoms with Crippen LogP contribution in [0, 0.1) is 0 Å². The number of hydrogen-bond acceptors (Lipinski definition) is 1. The molecule has 0 atom stereocenters. The number of rotatable bonds is 3. The molecule has 1 nitrogen and oxygen atoms in total.